The monoisotopic (exact) mass is 469 g/mol. The van der Waals surface area contributed by atoms with Gasteiger partial charge in [0.05, 0.1) is 16.4 Å². The fourth-order valence-corrected chi connectivity index (χ4v) is 4.73. The van der Waals surface area contributed by atoms with Crippen molar-refractivity contribution >= 4 is 55.4 Å². The molecule has 0 bridgehead atoms. The minimum absolute atomic E-state index is 0.143. The molecule has 1 aliphatic rings. The quantitative estimate of drug-likeness (QED) is 0.268. The third-order valence-electron chi connectivity index (χ3n) is 5.45. The number of para-hydroxylation sites is 2. The summed E-state index contributed by atoms with van der Waals surface area (Å²) in [5, 5.41) is 9.04. The first-order chi connectivity index (χ1) is 16.7. The van der Waals surface area contributed by atoms with Gasteiger partial charge >= 0.3 is 0 Å². The second-order valence-corrected chi connectivity index (χ2v) is 8.73. The van der Waals surface area contributed by atoms with Gasteiger partial charge in [0.2, 0.25) is 17.8 Å². The largest absolute Gasteiger partial charge is 0.454 e. The number of thiazole rings is 1. The molecule has 1 aliphatic heterocycles. The first-order valence-electron chi connectivity index (χ1n) is 10.6. The van der Waals surface area contributed by atoms with E-state index in [9.17, 15) is 4.79 Å². The molecule has 8 nitrogen and oxygen atoms in total. The van der Waals surface area contributed by atoms with Crippen molar-refractivity contribution in [3.8, 4) is 11.5 Å². The highest BCUT2D eigenvalue weighted by atomic mass is 32.1. The second kappa shape index (κ2) is 8.53. The summed E-state index contributed by atoms with van der Waals surface area (Å²) < 4.78 is 13.7. The number of rotatable bonds is 6. The summed E-state index contributed by atoms with van der Waals surface area (Å²) in [6.07, 6.45) is 3.67. The van der Waals surface area contributed by atoms with Crippen molar-refractivity contribution in [2.75, 3.05) is 17.5 Å². The van der Waals surface area contributed by atoms with Crippen LogP contribution in [0.1, 0.15) is 5.56 Å². The van der Waals surface area contributed by atoms with E-state index in [-0.39, 0.29) is 19.2 Å². The van der Waals surface area contributed by atoms with Crippen molar-refractivity contribution in [2.24, 2.45) is 5.10 Å². The van der Waals surface area contributed by atoms with Gasteiger partial charge in [0.25, 0.3) is 0 Å². The molecule has 168 valence electrons. The summed E-state index contributed by atoms with van der Waals surface area (Å²) in [5.41, 5.74) is 6.47. The maximum atomic E-state index is 12.8. The number of hydrazone groups is 1. The predicted molar refractivity (Wildman–Crippen MR) is 134 cm³/mol. The lowest BCUT2D eigenvalue weighted by Gasteiger charge is -2.08. The fraction of sp³-hybridized carbons (Fsp3) is 0.0800. The lowest BCUT2D eigenvalue weighted by Crippen LogP contribution is -2.18. The van der Waals surface area contributed by atoms with Gasteiger partial charge in [-0.05, 0) is 30.3 Å². The molecule has 0 unspecified atom stereocenters. The molecular weight excluding hydrogens is 450 g/mol. The van der Waals surface area contributed by atoms with Crippen LogP contribution in [-0.2, 0) is 11.3 Å². The lowest BCUT2D eigenvalue weighted by atomic mass is 10.2. The summed E-state index contributed by atoms with van der Waals surface area (Å²) in [4.78, 5) is 17.3. The standard InChI is InChI=1S/C25H19N5O3S/c31-24(27-17-9-10-21-22(11-17)33-15-32-21)14-30-13-16(18-5-1-3-7-20(18)30)12-26-29-25-28-19-6-2-4-8-23(19)34-25/h1-13H,14-15H2,(H,27,31)(H,28,29). The molecule has 0 saturated heterocycles. The van der Waals surface area contributed by atoms with Crippen molar-refractivity contribution in [3.63, 3.8) is 0 Å². The Morgan fingerprint density at radius 3 is 2.88 bits per heavy atom. The highest BCUT2D eigenvalue weighted by molar-refractivity contribution is 7.22. The summed E-state index contributed by atoms with van der Waals surface area (Å²) in [6.45, 7) is 0.355. The number of nitrogens with one attached hydrogen (secondary N) is 2. The van der Waals surface area contributed by atoms with E-state index in [4.69, 9.17) is 9.47 Å². The van der Waals surface area contributed by atoms with E-state index in [0.717, 1.165) is 31.8 Å². The SMILES string of the molecule is O=C(Cn1cc(C=NNc2nc3ccccc3s2)c2ccccc21)Nc1ccc2c(c1)OCO2. The van der Waals surface area contributed by atoms with Gasteiger partial charge in [0, 0.05) is 34.4 Å². The molecule has 0 saturated carbocycles. The maximum Gasteiger partial charge on any atom is 0.244 e. The molecule has 3 aromatic carbocycles. The van der Waals surface area contributed by atoms with Crippen LogP contribution in [-0.4, -0.2) is 28.5 Å². The number of anilines is 2. The van der Waals surface area contributed by atoms with Crippen molar-refractivity contribution in [1.29, 1.82) is 0 Å². The van der Waals surface area contributed by atoms with Crippen LogP contribution in [0.15, 0.2) is 78.0 Å². The number of fused-ring (bicyclic) bond motifs is 3. The molecule has 3 heterocycles. The first-order valence-corrected chi connectivity index (χ1v) is 11.5. The van der Waals surface area contributed by atoms with E-state index < -0.39 is 0 Å². The molecule has 0 fully saturated rings. The minimum atomic E-state index is -0.143. The molecule has 2 N–H and O–H groups in total. The predicted octanol–water partition coefficient (Wildman–Crippen LogP) is 5.06. The van der Waals surface area contributed by atoms with Gasteiger partial charge in [0.1, 0.15) is 6.54 Å². The smallest absolute Gasteiger partial charge is 0.244 e. The van der Waals surface area contributed by atoms with Crippen LogP contribution in [0.2, 0.25) is 0 Å². The first kappa shape index (κ1) is 20.3. The average molecular weight is 470 g/mol. The van der Waals surface area contributed by atoms with Crippen LogP contribution in [0.3, 0.4) is 0 Å². The number of hydrogen-bond acceptors (Lipinski definition) is 7. The zero-order valence-electron chi connectivity index (χ0n) is 17.9. The number of benzene rings is 3. The molecule has 6 rings (SSSR count). The Bertz CT molecular complexity index is 1520. The Hall–Kier alpha value is -4.37. The molecule has 34 heavy (non-hydrogen) atoms. The number of carbonyl (C=O) groups is 1. The molecular formula is C25H19N5O3S. The lowest BCUT2D eigenvalue weighted by molar-refractivity contribution is -0.116. The Balaban J connectivity index is 1.19. The van der Waals surface area contributed by atoms with Gasteiger partial charge in [-0.3, -0.25) is 10.2 Å². The van der Waals surface area contributed by atoms with Gasteiger partial charge in [-0.25, -0.2) is 4.98 Å². The second-order valence-electron chi connectivity index (χ2n) is 7.70. The number of ether oxygens (including phenoxy) is 2. The Morgan fingerprint density at radius 1 is 1.09 bits per heavy atom. The third-order valence-corrected chi connectivity index (χ3v) is 6.39. The van der Waals surface area contributed by atoms with Crippen molar-refractivity contribution in [3.05, 3.63) is 78.5 Å². The molecule has 1 amide bonds. The molecule has 0 aliphatic carbocycles. The summed E-state index contributed by atoms with van der Waals surface area (Å²) in [6, 6.07) is 21.2. The number of nitrogens with zero attached hydrogens (tertiary/aromatic N) is 3. The van der Waals surface area contributed by atoms with Crippen molar-refractivity contribution in [2.45, 2.75) is 6.54 Å². The van der Waals surface area contributed by atoms with Gasteiger partial charge in [-0.1, -0.05) is 41.7 Å². The molecule has 5 aromatic rings. The third kappa shape index (κ3) is 3.93. The van der Waals surface area contributed by atoms with Gasteiger partial charge in [-0.15, -0.1) is 0 Å². The Kier molecular flexibility index (Phi) is 5.08. The van der Waals surface area contributed by atoms with Gasteiger partial charge in [0.15, 0.2) is 11.5 Å². The Morgan fingerprint density at radius 2 is 1.94 bits per heavy atom. The minimum Gasteiger partial charge on any atom is -0.454 e. The molecule has 2 aromatic heterocycles. The maximum absolute atomic E-state index is 12.8. The van der Waals surface area contributed by atoms with Crippen LogP contribution < -0.4 is 20.2 Å². The topological polar surface area (TPSA) is 89.8 Å². The van der Waals surface area contributed by atoms with E-state index in [1.165, 1.54) is 0 Å². The zero-order valence-corrected chi connectivity index (χ0v) is 18.7. The van der Waals surface area contributed by atoms with Crippen LogP contribution >= 0.6 is 11.3 Å². The molecule has 0 spiro atoms. The van der Waals surface area contributed by atoms with E-state index in [1.807, 2.05) is 59.3 Å². The van der Waals surface area contributed by atoms with Crippen LogP contribution in [0.25, 0.3) is 21.1 Å². The number of hydrogen-bond donors (Lipinski definition) is 2. The summed E-state index contributed by atoms with van der Waals surface area (Å²) in [7, 11) is 0. The van der Waals surface area contributed by atoms with Crippen LogP contribution in [0.4, 0.5) is 10.8 Å². The summed E-state index contributed by atoms with van der Waals surface area (Å²) in [5.74, 6) is 1.16. The average Bonchev–Trinajstić information content (AvgIpc) is 3.56. The number of carbonyl (C=O) groups excluding carboxylic acids is 1. The number of aromatic nitrogens is 2. The van der Waals surface area contributed by atoms with Crippen molar-refractivity contribution < 1.29 is 14.3 Å². The highest BCUT2D eigenvalue weighted by Crippen LogP contribution is 2.34. The number of amides is 1. The molecule has 0 atom stereocenters. The Labute approximate surface area is 198 Å². The normalized spacial score (nSPS) is 12.6. The fourth-order valence-electron chi connectivity index (χ4n) is 3.92. The zero-order chi connectivity index (χ0) is 22.9. The van der Waals surface area contributed by atoms with Gasteiger partial charge in [-0.2, -0.15) is 5.10 Å². The van der Waals surface area contributed by atoms with E-state index >= 15 is 0 Å². The van der Waals surface area contributed by atoms with Crippen LogP contribution in [0.5, 0.6) is 11.5 Å². The summed E-state index contributed by atoms with van der Waals surface area (Å²) >= 11 is 1.55. The molecule has 0 radical (unpaired) electrons. The van der Waals surface area contributed by atoms with Gasteiger partial charge < -0.3 is 19.4 Å². The van der Waals surface area contributed by atoms with E-state index in [1.54, 1.807) is 35.8 Å². The van der Waals surface area contributed by atoms with E-state index in [2.05, 4.69) is 20.8 Å². The van der Waals surface area contributed by atoms with E-state index in [0.29, 0.717) is 17.2 Å². The van der Waals surface area contributed by atoms with Crippen LogP contribution in [0, 0.1) is 0 Å². The van der Waals surface area contributed by atoms with Crippen molar-refractivity contribution in [1.82, 2.24) is 9.55 Å². The highest BCUT2D eigenvalue weighted by Gasteiger charge is 2.15. The molecule has 9 heteroatoms.